The molecule has 34 heavy (non-hydrogen) atoms. The van der Waals surface area contributed by atoms with Crippen LogP contribution >= 0.6 is 0 Å². The van der Waals surface area contributed by atoms with Crippen LogP contribution in [-0.4, -0.2) is 60.3 Å². The molecule has 0 fully saturated rings. The van der Waals surface area contributed by atoms with Crippen molar-refractivity contribution in [1.82, 2.24) is 14.9 Å². The van der Waals surface area contributed by atoms with E-state index in [0.717, 1.165) is 5.75 Å². The number of carbonyl (C=O) groups excluding carboxylic acids is 1. The molecule has 0 radical (unpaired) electrons. The highest BCUT2D eigenvalue weighted by Crippen LogP contribution is 2.28. The molecule has 0 atom stereocenters. The molecule has 3 N–H and O–H groups in total. The van der Waals surface area contributed by atoms with Gasteiger partial charge in [0.05, 0.1) is 12.3 Å². The van der Waals surface area contributed by atoms with Crippen LogP contribution in [0.1, 0.15) is 11.1 Å². The van der Waals surface area contributed by atoms with Crippen LogP contribution in [0.2, 0.25) is 0 Å². The largest absolute Gasteiger partial charge is 0.463 e. The number of nitrogens with two attached hydrogens (primary N) is 1. The molecule has 3 rings (SSSR count). The average molecular weight is 460 g/mol. The molecule has 0 saturated carbocycles. The monoisotopic (exact) mass is 459 g/mol. The summed E-state index contributed by atoms with van der Waals surface area (Å²) >= 11 is 0. The number of carbonyl (C=O) groups is 1. The average Bonchev–Trinajstić information content (AvgIpc) is 2.85. The molecule has 2 aromatic carbocycles. The van der Waals surface area contributed by atoms with Crippen molar-refractivity contribution in [3.8, 4) is 11.5 Å². The minimum absolute atomic E-state index is 0.148. The summed E-state index contributed by atoms with van der Waals surface area (Å²) < 4.78 is 10.7. The minimum atomic E-state index is -0.153. The number of aromatic nitrogens is 2. The quantitative estimate of drug-likeness (QED) is 0.330. The first-order valence-electron chi connectivity index (χ1n) is 10.6. The van der Waals surface area contributed by atoms with Crippen LogP contribution in [0.25, 0.3) is 5.32 Å². The summed E-state index contributed by atoms with van der Waals surface area (Å²) in [5, 5.41) is 13.1. The molecule has 0 aliphatic heterocycles. The number of para-hydroxylation sites is 1. The standard InChI is InChI=1S/C25H27N6O3/c1-31(21(32)9-6-16-33-2)15-14-28-25-22(24(27)29-17-30-25)23(26)18-10-12-20(13-11-18)34-19-7-4-3-5-8-19/h3-13,17H,14-16H2,1-2H3,(H3-,26,27,28,29,30)/q-1/b9-6+. The van der Waals surface area contributed by atoms with E-state index in [1.807, 2.05) is 30.3 Å². The third-order valence-corrected chi connectivity index (χ3v) is 4.83. The summed E-state index contributed by atoms with van der Waals surface area (Å²) in [6, 6.07) is 16.6. The van der Waals surface area contributed by atoms with Gasteiger partial charge in [0.2, 0.25) is 5.91 Å². The molecule has 0 aliphatic rings. The van der Waals surface area contributed by atoms with Crippen molar-refractivity contribution in [1.29, 1.82) is 5.41 Å². The van der Waals surface area contributed by atoms with Gasteiger partial charge < -0.3 is 30.4 Å². The molecule has 0 unspecified atom stereocenters. The van der Waals surface area contributed by atoms with E-state index in [0.29, 0.717) is 42.4 Å². The fourth-order valence-corrected chi connectivity index (χ4v) is 3.00. The Balaban J connectivity index is 1.66. The van der Waals surface area contributed by atoms with Crippen molar-refractivity contribution in [3.05, 3.63) is 89.5 Å². The van der Waals surface area contributed by atoms with Crippen LogP contribution in [0.4, 0.5) is 11.6 Å². The number of nitrogens with zero attached hydrogens (tertiary/aromatic N) is 4. The third kappa shape index (κ3) is 6.63. The van der Waals surface area contributed by atoms with Gasteiger partial charge in [0.25, 0.3) is 0 Å². The molecule has 0 spiro atoms. The Morgan fingerprint density at radius 3 is 2.53 bits per heavy atom. The predicted molar refractivity (Wildman–Crippen MR) is 132 cm³/mol. The molecule has 176 valence electrons. The Morgan fingerprint density at radius 2 is 1.82 bits per heavy atom. The van der Waals surface area contributed by atoms with Crippen LogP contribution in [0.15, 0.2) is 73.1 Å². The van der Waals surface area contributed by atoms with Crippen molar-refractivity contribution >= 4 is 23.3 Å². The third-order valence-electron chi connectivity index (χ3n) is 4.83. The van der Waals surface area contributed by atoms with Crippen LogP contribution in [-0.2, 0) is 9.53 Å². The molecule has 1 amide bonds. The number of nitrogens with one attached hydrogen (secondary N) is 1. The number of hydrogen-bond acceptors (Lipinski definition) is 7. The molecule has 9 heteroatoms. The van der Waals surface area contributed by atoms with Gasteiger partial charge in [-0.2, -0.15) is 0 Å². The minimum Gasteiger partial charge on any atom is -0.463 e. The number of anilines is 1. The maximum absolute atomic E-state index is 12.1. The van der Waals surface area contributed by atoms with Gasteiger partial charge in [0.15, 0.2) is 0 Å². The maximum Gasteiger partial charge on any atom is 0.246 e. The van der Waals surface area contributed by atoms with E-state index >= 15 is 0 Å². The van der Waals surface area contributed by atoms with E-state index in [1.54, 1.807) is 44.5 Å². The zero-order valence-corrected chi connectivity index (χ0v) is 19.1. The summed E-state index contributed by atoms with van der Waals surface area (Å²) in [6.45, 7) is 1.04. The van der Waals surface area contributed by atoms with E-state index in [1.165, 1.54) is 17.3 Å². The molecule has 0 bridgehead atoms. The zero-order chi connectivity index (χ0) is 24.3. The van der Waals surface area contributed by atoms with Gasteiger partial charge in [-0.25, -0.2) is 4.98 Å². The first-order valence-corrected chi connectivity index (χ1v) is 10.6. The van der Waals surface area contributed by atoms with E-state index < -0.39 is 0 Å². The number of rotatable bonds is 11. The highest BCUT2D eigenvalue weighted by atomic mass is 16.5. The van der Waals surface area contributed by atoms with E-state index in [2.05, 4.69) is 15.3 Å². The summed E-state index contributed by atoms with van der Waals surface area (Å²) in [4.78, 5) is 21.8. The summed E-state index contributed by atoms with van der Waals surface area (Å²) in [7, 11) is 3.25. The fraction of sp³-hybridized carbons (Fsp3) is 0.200. The fourth-order valence-electron chi connectivity index (χ4n) is 3.00. The second-order valence-corrected chi connectivity index (χ2v) is 7.27. The van der Waals surface area contributed by atoms with Crippen molar-refractivity contribution < 1.29 is 14.3 Å². The Labute approximate surface area is 198 Å². The second-order valence-electron chi connectivity index (χ2n) is 7.27. The first kappa shape index (κ1) is 24.4. The van der Waals surface area contributed by atoms with Gasteiger partial charge in [0, 0.05) is 44.2 Å². The summed E-state index contributed by atoms with van der Waals surface area (Å²) in [6.07, 6.45) is 4.42. The molecule has 0 aliphatic carbocycles. The highest BCUT2D eigenvalue weighted by Gasteiger charge is 2.12. The summed E-state index contributed by atoms with van der Waals surface area (Å²) in [5.41, 5.74) is 7.19. The smallest absolute Gasteiger partial charge is 0.246 e. The topological polar surface area (TPSA) is 129 Å². The molecule has 1 heterocycles. The number of hydrogen-bond donors (Lipinski definition) is 2. The van der Waals surface area contributed by atoms with Gasteiger partial charge in [-0.3, -0.25) is 10.2 Å². The number of ether oxygens (including phenoxy) is 2. The number of methoxy groups -OCH3 is 1. The Hall–Kier alpha value is -4.24. The molecular formula is C25H27N6O3-. The lowest BCUT2D eigenvalue weighted by atomic mass is 10.0. The number of amides is 1. The van der Waals surface area contributed by atoms with Crippen LogP contribution in [0, 0.1) is 5.41 Å². The Morgan fingerprint density at radius 1 is 1.12 bits per heavy atom. The zero-order valence-electron chi connectivity index (χ0n) is 19.1. The predicted octanol–water partition coefficient (Wildman–Crippen LogP) is 3.93. The molecule has 3 aromatic rings. The van der Waals surface area contributed by atoms with Crippen molar-refractivity contribution in [3.63, 3.8) is 0 Å². The maximum atomic E-state index is 12.1. The SMILES string of the molecule is COC/C=C/C(=O)N(C)CC[N-]c1ncnc(N)c1C(=N)c1ccc(Oc2ccccc2)cc1. The lowest BCUT2D eigenvalue weighted by Gasteiger charge is -2.23. The number of benzene rings is 2. The van der Waals surface area contributed by atoms with Crippen LogP contribution < -0.4 is 10.5 Å². The number of nitrogen functional groups attached to an aromatic ring is 1. The molecule has 1 aromatic heterocycles. The van der Waals surface area contributed by atoms with E-state index in [4.69, 9.17) is 20.6 Å². The van der Waals surface area contributed by atoms with E-state index in [9.17, 15) is 4.79 Å². The molecular weight excluding hydrogens is 432 g/mol. The van der Waals surface area contributed by atoms with Gasteiger partial charge in [-0.15, -0.1) is 0 Å². The van der Waals surface area contributed by atoms with Crippen molar-refractivity contribution in [2.45, 2.75) is 0 Å². The molecule has 9 nitrogen and oxygen atoms in total. The van der Waals surface area contributed by atoms with Crippen LogP contribution in [0.3, 0.4) is 0 Å². The van der Waals surface area contributed by atoms with Gasteiger partial charge >= 0.3 is 0 Å². The van der Waals surface area contributed by atoms with Crippen molar-refractivity contribution in [2.75, 3.05) is 39.6 Å². The van der Waals surface area contributed by atoms with Crippen LogP contribution in [0.5, 0.6) is 11.5 Å². The lowest BCUT2D eigenvalue weighted by molar-refractivity contribution is -0.124. The van der Waals surface area contributed by atoms with Gasteiger partial charge in [-0.05, 0) is 48.8 Å². The number of likely N-dealkylation sites (N-methyl/N-ethyl adjacent to an activating group) is 1. The van der Waals surface area contributed by atoms with Gasteiger partial charge in [0.1, 0.15) is 17.3 Å². The Bertz CT molecular complexity index is 1130. The highest BCUT2D eigenvalue weighted by molar-refractivity contribution is 6.16. The van der Waals surface area contributed by atoms with Crippen molar-refractivity contribution in [2.24, 2.45) is 0 Å². The van der Waals surface area contributed by atoms with E-state index in [-0.39, 0.29) is 17.4 Å². The van der Waals surface area contributed by atoms with Gasteiger partial charge in [-0.1, -0.05) is 24.3 Å². The Kier molecular flexibility index (Phi) is 8.70. The summed E-state index contributed by atoms with van der Waals surface area (Å²) in [5.74, 6) is 1.69. The first-order chi connectivity index (χ1) is 16.5. The lowest BCUT2D eigenvalue weighted by Crippen LogP contribution is -2.27. The second kappa shape index (κ2) is 12.1. The normalized spacial score (nSPS) is 10.8. The molecule has 0 saturated heterocycles.